The Morgan fingerprint density at radius 3 is 2.42 bits per heavy atom. The first-order valence-corrected chi connectivity index (χ1v) is 7.63. The highest BCUT2D eigenvalue weighted by molar-refractivity contribution is 5.71. The summed E-state index contributed by atoms with van der Waals surface area (Å²) < 4.78 is 5.77. The minimum atomic E-state index is -0.619. The quantitative estimate of drug-likeness (QED) is 0.854. The van der Waals surface area contributed by atoms with Gasteiger partial charge in [-0.1, -0.05) is 13.3 Å². The predicted molar refractivity (Wildman–Crippen MR) is 74.1 cm³/mol. The van der Waals surface area contributed by atoms with Crippen molar-refractivity contribution in [1.82, 2.24) is 4.90 Å². The Morgan fingerprint density at radius 2 is 1.89 bits per heavy atom. The van der Waals surface area contributed by atoms with Gasteiger partial charge in [-0.25, -0.2) is 0 Å². The van der Waals surface area contributed by atoms with Gasteiger partial charge in [0.1, 0.15) is 0 Å². The molecule has 2 rings (SSSR count). The molecule has 0 radical (unpaired) electrons. The third kappa shape index (κ3) is 3.48. The summed E-state index contributed by atoms with van der Waals surface area (Å²) in [5.41, 5.74) is 0. The van der Waals surface area contributed by atoms with Crippen molar-refractivity contribution in [2.24, 2.45) is 11.8 Å². The lowest BCUT2D eigenvalue weighted by Crippen LogP contribution is -2.55. The van der Waals surface area contributed by atoms with E-state index in [0.29, 0.717) is 5.92 Å². The van der Waals surface area contributed by atoms with E-state index in [0.717, 1.165) is 38.8 Å². The van der Waals surface area contributed by atoms with Crippen molar-refractivity contribution in [2.45, 2.75) is 64.7 Å². The highest BCUT2D eigenvalue weighted by atomic mass is 16.5. The third-order valence-corrected chi connectivity index (χ3v) is 4.74. The first-order valence-electron chi connectivity index (χ1n) is 7.63. The number of carboxylic acids is 1. The van der Waals surface area contributed by atoms with Gasteiger partial charge in [0.15, 0.2) is 0 Å². The Labute approximate surface area is 116 Å². The number of rotatable bonds is 3. The molecule has 4 heteroatoms. The fourth-order valence-electron chi connectivity index (χ4n) is 3.78. The van der Waals surface area contributed by atoms with Crippen LogP contribution in [0.1, 0.15) is 46.5 Å². The summed E-state index contributed by atoms with van der Waals surface area (Å²) in [6, 6.07) is 0.199. The van der Waals surface area contributed by atoms with Crippen LogP contribution in [0.2, 0.25) is 0 Å². The van der Waals surface area contributed by atoms with Crippen LogP contribution in [-0.2, 0) is 9.53 Å². The summed E-state index contributed by atoms with van der Waals surface area (Å²) in [4.78, 5) is 13.9. The molecule has 0 bridgehead atoms. The molecular formula is C15H27NO3. The van der Waals surface area contributed by atoms with Crippen LogP contribution in [0.15, 0.2) is 0 Å². The second-order valence-electron chi connectivity index (χ2n) is 6.31. The van der Waals surface area contributed by atoms with Crippen LogP contribution in [0.25, 0.3) is 0 Å². The monoisotopic (exact) mass is 269 g/mol. The average Bonchev–Trinajstić information content (AvgIpc) is 2.36. The Morgan fingerprint density at radius 1 is 1.26 bits per heavy atom. The highest BCUT2D eigenvalue weighted by Crippen LogP contribution is 2.35. The largest absolute Gasteiger partial charge is 0.481 e. The molecule has 1 aliphatic heterocycles. The van der Waals surface area contributed by atoms with Crippen LogP contribution in [0.4, 0.5) is 0 Å². The first kappa shape index (κ1) is 14.8. The summed E-state index contributed by atoms with van der Waals surface area (Å²) in [5, 5.41) is 9.47. The lowest BCUT2D eigenvalue weighted by Gasteiger charge is -2.45. The van der Waals surface area contributed by atoms with E-state index in [1.54, 1.807) is 0 Å². The van der Waals surface area contributed by atoms with E-state index >= 15 is 0 Å². The van der Waals surface area contributed by atoms with Crippen LogP contribution in [0.3, 0.4) is 0 Å². The Hall–Kier alpha value is -0.610. The average molecular weight is 269 g/mol. The molecular weight excluding hydrogens is 242 g/mol. The van der Waals surface area contributed by atoms with E-state index in [2.05, 4.69) is 25.7 Å². The lowest BCUT2D eigenvalue weighted by atomic mass is 9.76. The van der Waals surface area contributed by atoms with E-state index in [1.165, 1.54) is 0 Å². The van der Waals surface area contributed by atoms with E-state index in [4.69, 9.17) is 4.74 Å². The van der Waals surface area contributed by atoms with E-state index in [-0.39, 0.29) is 24.2 Å². The molecule has 1 N–H and O–H groups in total. The van der Waals surface area contributed by atoms with E-state index in [9.17, 15) is 9.90 Å². The summed E-state index contributed by atoms with van der Waals surface area (Å²) in [5.74, 6) is -0.124. The molecule has 0 aromatic rings. The van der Waals surface area contributed by atoms with Gasteiger partial charge in [-0.2, -0.15) is 0 Å². The topological polar surface area (TPSA) is 49.8 Å². The Balaban J connectivity index is 2.09. The van der Waals surface area contributed by atoms with Crippen molar-refractivity contribution in [3.05, 3.63) is 0 Å². The highest BCUT2D eigenvalue weighted by Gasteiger charge is 2.40. The molecule has 110 valence electrons. The minimum absolute atomic E-state index is 0.194. The van der Waals surface area contributed by atoms with Crippen LogP contribution >= 0.6 is 0 Å². The maximum Gasteiger partial charge on any atom is 0.308 e. The smallest absolute Gasteiger partial charge is 0.308 e. The molecule has 0 aromatic heterocycles. The normalized spacial score (nSPS) is 41.1. The molecule has 0 spiro atoms. The van der Waals surface area contributed by atoms with Gasteiger partial charge in [0, 0.05) is 19.1 Å². The van der Waals surface area contributed by atoms with Gasteiger partial charge in [-0.05, 0) is 39.0 Å². The standard InChI is InChI=1S/C15H27NO3/c1-4-12-5-6-13(15(17)18)14(7-12)16-8-10(2)19-11(3)9-16/h10-14H,4-9H2,1-3H3,(H,17,18). The number of carbonyl (C=O) groups is 1. The van der Waals surface area contributed by atoms with Crippen LogP contribution in [0, 0.1) is 11.8 Å². The van der Waals surface area contributed by atoms with Crippen molar-refractivity contribution in [2.75, 3.05) is 13.1 Å². The van der Waals surface area contributed by atoms with Crippen molar-refractivity contribution in [1.29, 1.82) is 0 Å². The Bertz CT molecular complexity index is 311. The van der Waals surface area contributed by atoms with Crippen LogP contribution in [0.5, 0.6) is 0 Å². The van der Waals surface area contributed by atoms with Crippen molar-refractivity contribution in [3.8, 4) is 0 Å². The molecule has 2 aliphatic rings. The third-order valence-electron chi connectivity index (χ3n) is 4.74. The number of nitrogens with zero attached hydrogens (tertiary/aromatic N) is 1. The van der Waals surface area contributed by atoms with Gasteiger partial charge in [-0.3, -0.25) is 9.69 Å². The molecule has 1 saturated heterocycles. The fourth-order valence-corrected chi connectivity index (χ4v) is 3.78. The van der Waals surface area contributed by atoms with Crippen molar-refractivity contribution < 1.29 is 14.6 Å². The lowest BCUT2D eigenvalue weighted by molar-refractivity contribution is -0.150. The number of hydrogen-bond acceptors (Lipinski definition) is 3. The number of morpholine rings is 1. The summed E-state index contributed by atoms with van der Waals surface area (Å²) >= 11 is 0. The van der Waals surface area contributed by atoms with E-state index < -0.39 is 5.97 Å². The minimum Gasteiger partial charge on any atom is -0.481 e. The Kier molecular flexibility index (Phi) is 4.85. The molecule has 2 fully saturated rings. The molecule has 1 aliphatic carbocycles. The molecule has 1 heterocycles. The van der Waals surface area contributed by atoms with Gasteiger partial charge >= 0.3 is 5.97 Å². The van der Waals surface area contributed by atoms with Gasteiger partial charge in [0.05, 0.1) is 18.1 Å². The second-order valence-corrected chi connectivity index (χ2v) is 6.31. The zero-order chi connectivity index (χ0) is 14.0. The fraction of sp³-hybridized carbons (Fsp3) is 0.933. The first-order chi connectivity index (χ1) is 9.01. The summed E-state index contributed by atoms with van der Waals surface area (Å²) in [6.07, 6.45) is 4.52. The maximum absolute atomic E-state index is 11.5. The number of carboxylic acid groups (broad SMARTS) is 1. The molecule has 5 unspecified atom stereocenters. The van der Waals surface area contributed by atoms with E-state index in [1.807, 2.05) is 0 Å². The maximum atomic E-state index is 11.5. The van der Waals surface area contributed by atoms with Gasteiger partial charge in [0.25, 0.3) is 0 Å². The zero-order valence-electron chi connectivity index (χ0n) is 12.3. The van der Waals surface area contributed by atoms with Crippen LogP contribution < -0.4 is 0 Å². The molecule has 0 amide bonds. The number of aliphatic carboxylic acids is 1. The summed E-state index contributed by atoms with van der Waals surface area (Å²) in [6.45, 7) is 8.12. The SMILES string of the molecule is CCC1CCC(C(=O)O)C(N2CC(C)OC(C)C2)C1. The zero-order valence-corrected chi connectivity index (χ0v) is 12.3. The molecule has 19 heavy (non-hydrogen) atoms. The van der Waals surface area contributed by atoms with Gasteiger partial charge < -0.3 is 9.84 Å². The van der Waals surface area contributed by atoms with Gasteiger partial charge in [-0.15, -0.1) is 0 Å². The number of ether oxygens (including phenoxy) is 1. The molecule has 0 aromatic carbocycles. The molecule has 1 saturated carbocycles. The summed E-state index contributed by atoms with van der Waals surface area (Å²) in [7, 11) is 0. The van der Waals surface area contributed by atoms with Crippen molar-refractivity contribution in [3.63, 3.8) is 0 Å². The number of hydrogen-bond donors (Lipinski definition) is 1. The van der Waals surface area contributed by atoms with Crippen LogP contribution in [-0.4, -0.2) is 47.3 Å². The predicted octanol–water partition coefficient (Wildman–Crippen LogP) is 2.38. The molecule has 4 nitrogen and oxygen atoms in total. The second kappa shape index (κ2) is 6.23. The van der Waals surface area contributed by atoms with Crippen molar-refractivity contribution >= 4 is 5.97 Å². The molecule has 5 atom stereocenters. The van der Waals surface area contributed by atoms with Gasteiger partial charge in [0.2, 0.25) is 0 Å².